The van der Waals surface area contributed by atoms with Gasteiger partial charge in [-0.05, 0) is 31.2 Å². The standard InChI is InChI=1S/C20H19N3O5S2/c1-13-22-14(11-29-13)12-30-17-7-3-2-6-16(17)19(25)28-10-18(24)23-20(26)21-9-15-5-4-8-27-15/h2-8,11H,9-10,12H2,1H3,(H2,21,23,24,26). The summed E-state index contributed by atoms with van der Waals surface area (Å²) >= 11 is 3.03. The van der Waals surface area contributed by atoms with E-state index >= 15 is 0 Å². The Hall–Kier alpha value is -3.11. The van der Waals surface area contributed by atoms with Crippen LogP contribution in [0.4, 0.5) is 4.79 Å². The molecule has 3 aromatic rings. The van der Waals surface area contributed by atoms with Gasteiger partial charge in [-0.1, -0.05) is 12.1 Å². The molecule has 0 saturated carbocycles. The fourth-order valence-corrected chi connectivity index (χ4v) is 4.03. The molecular weight excluding hydrogens is 426 g/mol. The summed E-state index contributed by atoms with van der Waals surface area (Å²) < 4.78 is 10.1. The Morgan fingerprint density at radius 3 is 2.77 bits per heavy atom. The minimum absolute atomic E-state index is 0.134. The van der Waals surface area contributed by atoms with Crippen molar-refractivity contribution in [1.29, 1.82) is 0 Å². The summed E-state index contributed by atoms with van der Waals surface area (Å²) in [4.78, 5) is 41.1. The molecule has 156 valence electrons. The minimum atomic E-state index is -0.733. The summed E-state index contributed by atoms with van der Waals surface area (Å²) in [5.74, 6) is -0.210. The van der Waals surface area contributed by atoms with Crippen molar-refractivity contribution in [3.8, 4) is 0 Å². The van der Waals surface area contributed by atoms with Crippen LogP contribution < -0.4 is 10.6 Å². The van der Waals surface area contributed by atoms with Gasteiger partial charge in [-0.2, -0.15) is 0 Å². The van der Waals surface area contributed by atoms with E-state index in [0.29, 0.717) is 17.1 Å². The molecule has 0 unspecified atom stereocenters. The molecule has 2 heterocycles. The van der Waals surface area contributed by atoms with Gasteiger partial charge >= 0.3 is 12.0 Å². The molecule has 30 heavy (non-hydrogen) atoms. The molecule has 0 saturated heterocycles. The fourth-order valence-electron chi connectivity index (χ4n) is 2.38. The van der Waals surface area contributed by atoms with E-state index in [4.69, 9.17) is 9.15 Å². The summed E-state index contributed by atoms with van der Waals surface area (Å²) in [5, 5.41) is 7.52. The van der Waals surface area contributed by atoms with Crippen LogP contribution in [0.5, 0.6) is 0 Å². The molecule has 0 radical (unpaired) electrons. The lowest BCUT2D eigenvalue weighted by molar-refractivity contribution is -0.123. The van der Waals surface area contributed by atoms with Crippen molar-refractivity contribution in [2.45, 2.75) is 24.1 Å². The van der Waals surface area contributed by atoms with Crippen molar-refractivity contribution < 1.29 is 23.5 Å². The first-order chi connectivity index (χ1) is 14.5. The van der Waals surface area contributed by atoms with Crippen molar-refractivity contribution in [2.75, 3.05) is 6.61 Å². The number of amides is 3. The molecule has 2 N–H and O–H groups in total. The Balaban J connectivity index is 1.47. The second kappa shape index (κ2) is 10.6. The van der Waals surface area contributed by atoms with Gasteiger partial charge in [0.05, 0.1) is 29.1 Å². The average molecular weight is 446 g/mol. The van der Waals surface area contributed by atoms with Crippen LogP contribution in [-0.2, 0) is 21.8 Å². The van der Waals surface area contributed by atoms with Gasteiger partial charge in [0, 0.05) is 16.0 Å². The molecule has 3 rings (SSSR count). The first-order valence-corrected chi connectivity index (χ1v) is 10.8. The van der Waals surface area contributed by atoms with Gasteiger partial charge in [0.1, 0.15) is 5.76 Å². The van der Waals surface area contributed by atoms with Crippen molar-refractivity contribution in [1.82, 2.24) is 15.6 Å². The second-order valence-corrected chi connectivity index (χ2v) is 8.11. The van der Waals surface area contributed by atoms with E-state index in [0.717, 1.165) is 15.6 Å². The van der Waals surface area contributed by atoms with Gasteiger partial charge in [-0.15, -0.1) is 23.1 Å². The van der Waals surface area contributed by atoms with Crippen LogP contribution in [0, 0.1) is 6.92 Å². The maximum Gasteiger partial charge on any atom is 0.339 e. The molecule has 0 bridgehead atoms. The van der Waals surface area contributed by atoms with Crippen LogP contribution in [0.25, 0.3) is 0 Å². The number of urea groups is 1. The molecule has 2 aromatic heterocycles. The highest BCUT2D eigenvalue weighted by atomic mass is 32.2. The Morgan fingerprint density at radius 1 is 1.20 bits per heavy atom. The monoisotopic (exact) mass is 445 g/mol. The minimum Gasteiger partial charge on any atom is -0.467 e. The van der Waals surface area contributed by atoms with Gasteiger partial charge in [0.25, 0.3) is 5.91 Å². The number of nitrogens with one attached hydrogen (secondary N) is 2. The summed E-state index contributed by atoms with van der Waals surface area (Å²) in [7, 11) is 0. The third-order valence-electron chi connectivity index (χ3n) is 3.74. The topological polar surface area (TPSA) is 111 Å². The molecule has 8 nitrogen and oxygen atoms in total. The Bertz CT molecular complexity index is 1020. The number of aryl methyl sites for hydroxylation is 1. The zero-order valence-electron chi connectivity index (χ0n) is 16.0. The predicted molar refractivity (Wildman–Crippen MR) is 112 cm³/mol. The molecule has 1 aromatic carbocycles. The molecule has 3 amide bonds. The van der Waals surface area contributed by atoms with E-state index < -0.39 is 24.5 Å². The number of aromatic nitrogens is 1. The van der Waals surface area contributed by atoms with E-state index in [1.165, 1.54) is 18.0 Å². The number of imide groups is 1. The van der Waals surface area contributed by atoms with Gasteiger partial charge in [-0.25, -0.2) is 14.6 Å². The summed E-state index contributed by atoms with van der Waals surface area (Å²) in [6.07, 6.45) is 1.48. The number of nitrogens with zero attached hydrogens (tertiary/aromatic N) is 1. The van der Waals surface area contributed by atoms with Crippen molar-refractivity contribution in [3.05, 3.63) is 70.1 Å². The van der Waals surface area contributed by atoms with Crippen LogP contribution in [0.1, 0.15) is 26.8 Å². The molecular formula is C20H19N3O5S2. The highest BCUT2D eigenvalue weighted by molar-refractivity contribution is 7.98. The SMILES string of the molecule is Cc1nc(CSc2ccccc2C(=O)OCC(=O)NC(=O)NCc2ccco2)cs1. The van der Waals surface area contributed by atoms with E-state index in [1.807, 2.05) is 24.4 Å². The highest BCUT2D eigenvalue weighted by Gasteiger charge is 2.16. The van der Waals surface area contributed by atoms with E-state index in [2.05, 4.69) is 15.6 Å². The number of benzene rings is 1. The van der Waals surface area contributed by atoms with Gasteiger partial charge in [-0.3, -0.25) is 10.1 Å². The number of esters is 1. The van der Waals surface area contributed by atoms with Crippen LogP contribution in [-0.4, -0.2) is 29.5 Å². The molecule has 0 aliphatic carbocycles. The van der Waals surface area contributed by atoms with Gasteiger partial charge in [0.2, 0.25) is 0 Å². The molecule has 0 spiro atoms. The number of ether oxygens (including phenoxy) is 1. The lowest BCUT2D eigenvalue weighted by atomic mass is 10.2. The Morgan fingerprint density at radius 2 is 2.03 bits per heavy atom. The number of furan rings is 1. The molecule has 10 heteroatoms. The van der Waals surface area contributed by atoms with E-state index in [9.17, 15) is 14.4 Å². The quantitative estimate of drug-likeness (QED) is 0.403. The first kappa shape index (κ1) is 21.6. The van der Waals surface area contributed by atoms with E-state index in [1.54, 1.807) is 35.6 Å². The van der Waals surface area contributed by atoms with Gasteiger partial charge in [0.15, 0.2) is 6.61 Å². The number of carbonyl (C=O) groups is 3. The number of rotatable bonds is 8. The van der Waals surface area contributed by atoms with Crippen molar-refractivity contribution in [3.63, 3.8) is 0 Å². The summed E-state index contributed by atoms with van der Waals surface area (Å²) in [6, 6.07) is 9.65. The number of hydrogen-bond acceptors (Lipinski definition) is 8. The smallest absolute Gasteiger partial charge is 0.339 e. The number of thiazole rings is 1. The largest absolute Gasteiger partial charge is 0.467 e. The predicted octanol–water partition coefficient (Wildman–Crippen LogP) is 3.52. The van der Waals surface area contributed by atoms with Crippen molar-refractivity contribution in [2.24, 2.45) is 0 Å². The maximum atomic E-state index is 12.4. The third kappa shape index (κ3) is 6.46. The zero-order chi connectivity index (χ0) is 21.3. The molecule has 0 fully saturated rings. The maximum absolute atomic E-state index is 12.4. The molecule has 0 aliphatic heterocycles. The van der Waals surface area contributed by atoms with Crippen LogP contribution in [0.15, 0.2) is 57.4 Å². The average Bonchev–Trinajstić information content (AvgIpc) is 3.41. The van der Waals surface area contributed by atoms with Crippen molar-refractivity contribution >= 4 is 41.0 Å². The molecule has 0 aliphatic rings. The number of carbonyl (C=O) groups excluding carboxylic acids is 3. The Kier molecular flexibility index (Phi) is 7.63. The fraction of sp³-hybridized carbons (Fsp3) is 0.200. The molecule has 0 atom stereocenters. The summed E-state index contributed by atoms with van der Waals surface area (Å²) in [6.45, 7) is 1.50. The lowest BCUT2D eigenvalue weighted by Crippen LogP contribution is -2.41. The third-order valence-corrected chi connectivity index (χ3v) is 5.67. The first-order valence-electron chi connectivity index (χ1n) is 8.91. The number of thioether (sulfide) groups is 1. The lowest BCUT2D eigenvalue weighted by Gasteiger charge is -2.09. The normalized spacial score (nSPS) is 10.4. The van der Waals surface area contributed by atoms with Gasteiger partial charge < -0.3 is 14.5 Å². The zero-order valence-corrected chi connectivity index (χ0v) is 17.7. The van der Waals surface area contributed by atoms with Crippen LogP contribution in [0.2, 0.25) is 0 Å². The van der Waals surface area contributed by atoms with Crippen LogP contribution >= 0.6 is 23.1 Å². The Labute approximate surface area is 181 Å². The second-order valence-electron chi connectivity index (χ2n) is 6.03. The van der Waals surface area contributed by atoms with Crippen LogP contribution in [0.3, 0.4) is 0 Å². The summed E-state index contributed by atoms with van der Waals surface area (Å²) in [5.41, 5.74) is 1.29. The number of hydrogen-bond donors (Lipinski definition) is 2. The highest BCUT2D eigenvalue weighted by Crippen LogP contribution is 2.27. The van der Waals surface area contributed by atoms with E-state index in [-0.39, 0.29) is 6.54 Å².